The summed E-state index contributed by atoms with van der Waals surface area (Å²) in [4.78, 5) is 25.0. The lowest BCUT2D eigenvalue weighted by molar-refractivity contribution is 0.183. The van der Waals surface area contributed by atoms with Crippen LogP contribution in [-0.4, -0.2) is 64.6 Å². The van der Waals surface area contributed by atoms with Gasteiger partial charge in [0.25, 0.3) is 5.56 Å². The molecule has 0 amide bonds. The molecule has 1 aliphatic rings. The second-order valence-electron chi connectivity index (χ2n) is 9.28. The van der Waals surface area contributed by atoms with E-state index in [1.54, 1.807) is 41.5 Å². The molecule has 37 heavy (non-hydrogen) atoms. The van der Waals surface area contributed by atoms with E-state index in [1.807, 2.05) is 43.5 Å². The standard InChI is InChI=1S/C26H29N5O4S2/c1-18(24-6-4-5-7-28-24)35-20-12-19(14-27-15-20)23-17-29(2)26(32)22-13-21(36-25(22)23)16-30-8-10-31(11-9-30)37(3,33)34/h4-7,12-15,17-18H,8-11,16H2,1-3H3/t18-/m1/s1. The molecule has 1 saturated heterocycles. The first kappa shape index (κ1) is 25.5. The molecule has 1 atom stereocenters. The third-order valence-corrected chi connectivity index (χ3v) is 8.98. The molecule has 11 heteroatoms. The average Bonchev–Trinajstić information content (AvgIpc) is 3.30. The van der Waals surface area contributed by atoms with Crippen molar-refractivity contribution in [2.24, 2.45) is 7.05 Å². The Labute approximate surface area is 220 Å². The molecule has 0 bridgehead atoms. The normalized spacial score (nSPS) is 16.2. The third kappa shape index (κ3) is 5.59. The van der Waals surface area contributed by atoms with Crippen molar-refractivity contribution in [3.05, 3.63) is 76.0 Å². The molecule has 9 nitrogen and oxygen atoms in total. The van der Waals surface area contributed by atoms with Crippen LogP contribution >= 0.6 is 11.3 Å². The SMILES string of the molecule is C[C@@H](Oc1cncc(-c2cn(C)c(=O)c3cc(CN4CCN(S(C)(=O)=O)CC4)sc23)c1)c1ccccn1. The zero-order chi connectivity index (χ0) is 26.2. The van der Waals surface area contributed by atoms with Gasteiger partial charge < -0.3 is 9.30 Å². The Balaban J connectivity index is 1.41. The molecule has 0 radical (unpaired) electrons. The smallest absolute Gasteiger partial charge is 0.259 e. The molecule has 4 aromatic rings. The van der Waals surface area contributed by atoms with E-state index in [0.717, 1.165) is 26.4 Å². The number of fused-ring (bicyclic) bond motifs is 1. The Morgan fingerprint density at radius 3 is 2.62 bits per heavy atom. The Kier molecular flexibility index (Phi) is 7.13. The first-order chi connectivity index (χ1) is 17.7. The minimum absolute atomic E-state index is 0.0488. The van der Waals surface area contributed by atoms with E-state index in [-0.39, 0.29) is 11.7 Å². The van der Waals surface area contributed by atoms with E-state index in [9.17, 15) is 13.2 Å². The number of piperazine rings is 1. The maximum Gasteiger partial charge on any atom is 0.259 e. The van der Waals surface area contributed by atoms with E-state index in [0.29, 0.717) is 43.9 Å². The van der Waals surface area contributed by atoms with Crippen LogP contribution in [0.5, 0.6) is 5.75 Å². The van der Waals surface area contributed by atoms with Gasteiger partial charge in [-0.2, -0.15) is 4.31 Å². The van der Waals surface area contributed by atoms with Gasteiger partial charge in [-0.1, -0.05) is 6.07 Å². The van der Waals surface area contributed by atoms with Gasteiger partial charge in [0.1, 0.15) is 11.9 Å². The molecular weight excluding hydrogens is 510 g/mol. The van der Waals surface area contributed by atoms with Gasteiger partial charge >= 0.3 is 0 Å². The quantitative estimate of drug-likeness (QED) is 0.356. The lowest BCUT2D eigenvalue weighted by Gasteiger charge is -2.32. The Morgan fingerprint density at radius 2 is 1.92 bits per heavy atom. The Bertz CT molecular complexity index is 1580. The molecule has 5 heterocycles. The maximum atomic E-state index is 13.0. The molecule has 4 aromatic heterocycles. The zero-order valence-corrected chi connectivity index (χ0v) is 22.6. The van der Waals surface area contributed by atoms with Gasteiger partial charge in [0.2, 0.25) is 10.0 Å². The number of hydrogen-bond donors (Lipinski definition) is 0. The van der Waals surface area contributed by atoms with Gasteiger partial charge in [-0.15, -0.1) is 11.3 Å². The predicted molar refractivity (Wildman–Crippen MR) is 145 cm³/mol. The number of pyridine rings is 3. The molecule has 0 unspecified atom stereocenters. The fraction of sp³-hybridized carbons (Fsp3) is 0.346. The van der Waals surface area contributed by atoms with Crippen molar-refractivity contribution in [2.75, 3.05) is 32.4 Å². The van der Waals surface area contributed by atoms with Gasteiger partial charge in [0.15, 0.2) is 0 Å². The lowest BCUT2D eigenvalue weighted by Crippen LogP contribution is -2.47. The summed E-state index contributed by atoms with van der Waals surface area (Å²) in [5.74, 6) is 0.623. The van der Waals surface area contributed by atoms with Crippen molar-refractivity contribution in [3.63, 3.8) is 0 Å². The van der Waals surface area contributed by atoms with Crippen LogP contribution in [0.3, 0.4) is 0 Å². The number of rotatable bonds is 7. The number of aryl methyl sites for hydroxylation is 1. The Morgan fingerprint density at radius 1 is 1.14 bits per heavy atom. The van der Waals surface area contributed by atoms with Crippen LogP contribution in [0.4, 0.5) is 0 Å². The molecule has 0 saturated carbocycles. The molecule has 1 fully saturated rings. The maximum absolute atomic E-state index is 13.0. The fourth-order valence-corrected chi connectivity index (χ4v) is 6.59. The highest BCUT2D eigenvalue weighted by Gasteiger charge is 2.24. The molecule has 0 spiro atoms. The zero-order valence-electron chi connectivity index (χ0n) is 21.0. The summed E-state index contributed by atoms with van der Waals surface area (Å²) in [5.41, 5.74) is 2.56. The van der Waals surface area contributed by atoms with Gasteiger partial charge in [-0.3, -0.25) is 19.7 Å². The topological polar surface area (TPSA) is 97.6 Å². The van der Waals surface area contributed by atoms with Crippen molar-refractivity contribution >= 4 is 31.4 Å². The van der Waals surface area contributed by atoms with E-state index < -0.39 is 10.0 Å². The summed E-state index contributed by atoms with van der Waals surface area (Å²) >= 11 is 1.59. The summed E-state index contributed by atoms with van der Waals surface area (Å²) in [5, 5.41) is 0.669. The molecule has 5 rings (SSSR count). The van der Waals surface area contributed by atoms with Crippen LogP contribution in [0.2, 0.25) is 0 Å². The largest absolute Gasteiger partial charge is 0.483 e. The van der Waals surface area contributed by atoms with Crippen LogP contribution in [0.15, 0.2) is 59.9 Å². The highest BCUT2D eigenvalue weighted by atomic mass is 32.2. The van der Waals surface area contributed by atoms with E-state index in [2.05, 4.69) is 14.9 Å². The number of aromatic nitrogens is 3. The fourth-order valence-electron chi connectivity index (χ4n) is 4.54. The second-order valence-corrected chi connectivity index (χ2v) is 12.4. The summed E-state index contributed by atoms with van der Waals surface area (Å²) in [6.07, 6.45) is 8.05. The number of thiophene rings is 1. The van der Waals surface area contributed by atoms with Crippen molar-refractivity contribution in [2.45, 2.75) is 19.6 Å². The number of hydrogen-bond acceptors (Lipinski definition) is 8. The summed E-state index contributed by atoms with van der Waals surface area (Å²) in [6, 6.07) is 9.63. The average molecular weight is 540 g/mol. The molecule has 194 valence electrons. The van der Waals surface area contributed by atoms with Gasteiger partial charge in [0.05, 0.1) is 23.5 Å². The minimum atomic E-state index is -3.17. The molecular formula is C26H29N5O4S2. The van der Waals surface area contributed by atoms with Crippen molar-refractivity contribution in [1.29, 1.82) is 0 Å². The lowest BCUT2D eigenvalue weighted by atomic mass is 10.1. The summed E-state index contributed by atoms with van der Waals surface area (Å²) in [6.45, 7) is 4.88. The molecule has 0 aliphatic carbocycles. The highest BCUT2D eigenvalue weighted by molar-refractivity contribution is 7.88. The van der Waals surface area contributed by atoms with Gasteiger partial charge in [-0.05, 0) is 31.2 Å². The van der Waals surface area contributed by atoms with Crippen LogP contribution in [0.25, 0.3) is 21.2 Å². The van der Waals surface area contributed by atoms with Crippen LogP contribution in [0, 0.1) is 0 Å². The molecule has 0 aromatic carbocycles. The van der Waals surface area contributed by atoms with Crippen molar-refractivity contribution in [1.82, 2.24) is 23.7 Å². The van der Waals surface area contributed by atoms with E-state index in [4.69, 9.17) is 4.74 Å². The van der Waals surface area contributed by atoms with E-state index >= 15 is 0 Å². The van der Waals surface area contributed by atoms with Gasteiger partial charge in [0, 0.05) is 79.1 Å². The summed E-state index contributed by atoms with van der Waals surface area (Å²) in [7, 11) is -1.42. The van der Waals surface area contributed by atoms with Crippen molar-refractivity contribution < 1.29 is 13.2 Å². The van der Waals surface area contributed by atoms with Crippen LogP contribution < -0.4 is 10.3 Å². The van der Waals surface area contributed by atoms with Crippen LogP contribution in [-0.2, 0) is 23.6 Å². The third-order valence-electron chi connectivity index (χ3n) is 6.52. The second kappa shape index (κ2) is 10.3. The highest BCUT2D eigenvalue weighted by Crippen LogP contribution is 2.35. The number of nitrogens with zero attached hydrogens (tertiary/aromatic N) is 5. The van der Waals surface area contributed by atoms with Crippen LogP contribution in [0.1, 0.15) is 23.6 Å². The first-order valence-electron chi connectivity index (χ1n) is 12.0. The number of sulfonamides is 1. The summed E-state index contributed by atoms with van der Waals surface area (Å²) < 4.78 is 33.8. The number of ether oxygens (including phenoxy) is 1. The monoisotopic (exact) mass is 539 g/mol. The first-order valence-corrected chi connectivity index (χ1v) is 14.7. The van der Waals surface area contributed by atoms with Crippen molar-refractivity contribution in [3.8, 4) is 16.9 Å². The Hall–Kier alpha value is -3.12. The molecule has 0 N–H and O–H groups in total. The predicted octanol–water partition coefficient (Wildman–Crippen LogP) is 3.27. The minimum Gasteiger partial charge on any atom is -0.483 e. The van der Waals surface area contributed by atoms with E-state index in [1.165, 1.54) is 10.6 Å². The van der Waals surface area contributed by atoms with Gasteiger partial charge in [-0.25, -0.2) is 8.42 Å². The molecule has 1 aliphatic heterocycles.